The van der Waals surface area contributed by atoms with E-state index in [4.69, 9.17) is 4.18 Å². The number of unbranched alkanes of at least 4 members (excludes halogenated alkanes) is 32. The third kappa shape index (κ3) is 23.4. The Hall–Kier alpha value is -1.39. The first-order chi connectivity index (χ1) is 25.6. The quantitative estimate of drug-likeness (QED) is 0.0508. The first-order valence-corrected chi connectivity index (χ1v) is 24.4. The van der Waals surface area contributed by atoms with Crippen LogP contribution in [0.25, 0.3) is 10.8 Å². The average molecular weight is 741 g/mol. The molecule has 0 bridgehead atoms. The molecule has 4 heteroatoms. The van der Waals surface area contributed by atoms with Crippen LogP contribution in [0.4, 0.5) is 0 Å². The molecule has 0 atom stereocenters. The van der Waals surface area contributed by atoms with Crippen molar-refractivity contribution in [1.82, 2.24) is 0 Å². The van der Waals surface area contributed by atoms with E-state index in [-0.39, 0.29) is 6.61 Å². The number of hydrogen-bond donors (Lipinski definition) is 0. The summed E-state index contributed by atoms with van der Waals surface area (Å²) >= 11 is 0. The Morgan fingerprint density at radius 2 is 0.750 bits per heavy atom. The second-order valence-corrected chi connectivity index (χ2v) is 17.7. The minimum absolute atomic E-state index is 0.280. The predicted octanol–water partition coefficient (Wildman–Crippen LogP) is 16.4. The monoisotopic (exact) mass is 741 g/mol. The van der Waals surface area contributed by atoms with Crippen LogP contribution >= 0.6 is 0 Å². The highest BCUT2D eigenvalue weighted by Crippen LogP contribution is 2.30. The van der Waals surface area contributed by atoms with Crippen molar-refractivity contribution in [1.29, 1.82) is 0 Å². The molecule has 0 saturated carbocycles. The van der Waals surface area contributed by atoms with Gasteiger partial charge < -0.3 is 0 Å². The van der Waals surface area contributed by atoms with Gasteiger partial charge in [0.05, 0.1) is 6.61 Å². The van der Waals surface area contributed by atoms with Gasteiger partial charge in [0.25, 0.3) is 10.1 Å². The van der Waals surface area contributed by atoms with Gasteiger partial charge >= 0.3 is 0 Å². The van der Waals surface area contributed by atoms with E-state index in [9.17, 15) is 8.42 Å². The fraction of sp³-hybridized carbons (Fsp3) is 0.792. The zero-order valence-electron chi connectivity index (χ0n) is 34.6. The third-order valence-corrected chi connectivity index (χ3v) is 12.7. The van der Waals surface area contributed by atoms with Crippen LogP contribution < -0.4 is 0 Å². The lowest BCUT2D eigenvalue weighted by molar-refractivity contribution is 0.306. The van der Waals surface area contributed by atoms with Crippen molar-refractivity contribution in [2.75, 3.05) is 6.61 Å². The molecule has 300 valence electrons. The van der Waals surface area contributed by atoms with Crippen LogP contribution in [0.1, 0.15) is 238 Å². The van der Waals surface area contributed by atoms with Crippen LogP contribution in [0.15, 0.2) is 41.3 Å². The maximum Gasteiger partial charge on any atom is 0.297 e. The topological polar surface area (TPSA) is 43.4 Å². The standard InChI is InChI=1S/C48H84O3S/c1-3-5-7-9-11-13-15-17-19-21-23-25-27-29-31-33-35-40-46-43-42-45-39-36-37-41-47(45)48(46)52(49,50)51-44-38-34-32-30-28-26-24-22-20-18-16-14-12-10-8-6-4-2/h36-37,39,41-43H,3-35,38,40,44H2,1-2H3. The Labute approximate surface area is 324 Å². The van der Waals surface area contributed by atoms with Gasteiger partial charge in [0.2, 0.25) is 0 Å². The smallest absolute Gasteiger partial charge is 0.266 e. The van der Waals surface area contributed by atoms with Crippen LogP contribution in [0.5, 0.6) is 0 Å². The average Bonchev–Trinajstić information content (AvgIpc) is 3.15. The van der Waals surface area contributed by atoms with Gasteiger partial charge in [-0.25, -0.2) is 0 Å². The molecule has 0 spiro atoms. The Kier molecular flexibility index (Phi) is 29.7. The van der Waals surface area contributed by atoms with Gasteiger partial charge in [0.1, 0.15) is 4.90 Å². The lowest BCUT2D eigenvalue weighted by Gasteiger charge is -2.14. The summed E-state index contributed by atoms with van der Waals surface area (Å²) in [5.41, 5.74) is 0.919. The molecule has 0 aliphatic rings. The molecular formula is C48H84O3S. The highest BCUT2D eigenvalue weighted by molar-refractivity contribution is 7.87. The number of fused-ring (bicyclic) bond motifs is 1. The summed E-state index contributed by atoms with van der Waals surface area (Å²) in [5, 5.41) is 1.77. The minimum Gasteiger partial charge on any atom is -0.266 e. The molecule has 0 aliphatic heterocycles. The molecule has 2 aromatic rings. The first kappa shape index (κ1) is 46.8. The second-order valence-electron chi connectivity index (χ2n) is 16.1. The normalized spacial score (nSPS) is 12.0. The summed E-state index contributed by atoms with van der Waals surface area (Å²) < 4.78 is 32.9. The number of aryl methyl sites for hydroxylation is 1. The van der Waals surface area contributed by atoms with Crippen molar-refractivity contribution in [3.05, 3.63) is 42.0 Å². The van der Waals surface area contributed by atoms with Gasteiger partial charge in [-0.1, -0.05) is 256 Å². The van der Waals surface area contributed by atoms with E-state index in [1.807, 2.05) is 30.3 Å². The Morgan fingerprint density at radius 3 is 1.15 bits per heavy atom. The van der Waals surface area contributed by atoms with Crippen molar-refractivity contribution in [2.45, 2.75) is 243 Å². The van der Waals surface area contributed by atoms with Crippen LogP contribution in [0.2, 0.25) is 0 Å². The SMILES string of the molecule is CCCCCCCCCCCCCCCCCCCOS(=O)(=O)c1c(CCCCCCCCCCCCCCCCCCC)ccc2ccccc12. The molecule has 0 N–H and O–H groups in total. The van der Waals surface area contributed by atoms with Crippen molar-refractivity contribution in [2.24, 2.45) is 0 Å². The van der Waals surface area contributed by atoms with Gasteiger partial charge in [-0.05, 0) is 30.2 Å². The molecule has 0 fully saturated rings. The fourth-order valence-corrected chi connectivity index (χ4v) is 9.28. The van der Waals surface area contributed by atoms with Crippen LogP contribution in [-0.4, -0.2) is 15.0 Å². The molecule has 0 saturated heterocycles. The van der Waals surface area contributed by atoms with E-state index in [1.165, 1.54) is 193 Å². The summed E-state index contributed by atoms with van der Waals surface area (Å²) in [5.74, 6) is 0. The molecule has 0 amide bonds. The zero-order chi connectivity index (χ0) is 37.2. The molecule has 0 aromatic heterocycles. The molecular weight excluding hydrogens is 657 g/mol. The fourth-order valence-electron chi connectivity index (χ4n) is 7.88. The summed E-state index contributed by atoms with van der Waals surface area (Å²) in [6.45, 7) is 4.86. The lowest BCUT2D eigenvalue weighted by atomic mass is 10.0. The second kappa shape index (κ2) is 33.0. The Balaban J connectivity index is 1.55. The van der Waals surface area contributed by atoms with Gasteiger partial charge in [-0.2, -0.15) is 8.42 Å². The maximum atomic E-state index is 13.6. The molecule has 2 aromatic carbocycles. The zero-order valence-corrected chi connectivity index (χ0v) is 35.4. The largest absolute Gasteiger partial charge is 0.297 e. The van der Waals surface area contributed by atoms with E-state index in [0.717, 1.165) is 48.4 Å². The molecule has 0 aliphatic carbocycles. The predicted molar refractivity (Wildman–Crippen MR) is 229 cm³/mol. The number of rotatable bonds is 38. The van der Waals surface area contributed by atoms with Gasteiger partial charge in [-0.3, -0.25) is 4.18 Å². The van der Waals surface area contributed by atoms with E-state index in [0.29, 0.717) is 4.90 Å². The van der Waals surface area contributed by atoms with Crippen LogP contribution in [-0.2, 0) is 20.7 Å². The third-order valence-electron chi connectivity index (χ3n) is 11.2. The summed E-state index contributed by atoms with van der Waals surface area (Å²) in [6.07, 6.45) is 46.1. The Bertz CT molecular complexity index is 1190. The summed E-state index contributed by atoms with van der Waals surface area (Å²) in [7, 11) is -3.81. The van der Waals surface area contributed by atoms with Crippen molar-refractivity contribution >= 4 is 20.9 Å². The van der Waals surface area contributed by atoms with Crippen LogP contribution in [0, 0.1) is 0 Å². The first-order valence-electron chi connectivity index (χ1n) is 23.0. The lowest BCUT2D eigenvalue weighted by Crippen LogP contribution is -2.11. The number of benzene rings is 2. The Morgan fingerprint density at radius 1 is 0.404 bits per heavy atom. The van der Waals surface area contributed by atoms with E-state index >= 15 is 0 Å². The van der Waals surface area contributed by atoms with Gasteiger partial charge in [0.15, 0.2) is 0 Å². The molecule has 0 unspecified atom stereocenters. The van der Waals surface area contributed by atoms with Crippen molar-refractivity contribution < 1.29 is 12.6 Å². The van der Waals surface area contributed by atoms with Crippen molar-refractivity contribution in [3.8, 4) is 0 Å². The maximum absolute atomic E-state index is 13.6. The summed E-state index contributed by atoms with van der Waals surface area (Å²) in [6, 6.07) is 12.0. The van der Waals surface area contributed by atoms with Gasteiger partial charge in [0, 0.05) is 5.39 Å². The van der Waals surface area contributed by atoms with E-state index in [2.05, 4.69) is 19.9 Å². The molecule has 0 heterocycles. The molecule has 52 heavy (non-hydrogen) atoms. The molecule has 2 rings (SSSR count). The highest BCUT2D eigenvalue weighted by atomic mass is 32.2. The summed E-state index contributed by atoms with van der Waals surface area (Å²) in [4.78, 5) is 0.411. The molecule has 3 nitrogen and oxygen atoms in total. The van der Waals surface area contributed by atoms with Crippen LogP contribution in [0.3, 0.4) is 0 Å². The van der Waals surface area contributed by atoms with Crippen molar-refractivity contribution in [3.63, 3.8) is 0 Å². The van der Waals surface area contributed by atoms with E-state index in [1.54, 1.807) is 0 Å². The van der Waals surface area contributed by atoms with E-state index < -0.39 is 10.1 Å². The van der Waals surface area contributed by atoms with Gasteiger partial charge in [-0.15, -0.1) is 0 Å². The highest BCUT2D eigenvalue weighted by Gasteiger charge is 2.22. The molecule has 0 radical (unpaired) electrons. The minimum atomic E-state index is -3.81. The number of hydrogen-bond acceptors (Lipinski definition) is 3.